The Morgan fingerprint density at radius 3 is 2.75 bits per heavy atom. The normalized spacial score (nSPS) is 10.2. The van der Waals surface area contributed by atoms with Gasteiger partial charge in [-0.3, -0.25) is 14.6 Å². The molecule has 1 aromatic rings. The molecule has 1 N–H and O–H groups in total. The fraction of sp³-hybridized carbons (Fsp3) is 0.364. The van der Waals surface area contributed by atoms with E-state index in [4.69, 9.17) is 0 Å². The third-order valence-electron chi connectivity index (χ3n) is 2.08. The molecule has 0 saturated carbocycles. The fourth-order valence-corrected chi connectivity index (χ4v) is 1.03. The summed E-state index contributed by atoms with van der Waals surface area (Å²) < 4.78 is 13.1. The molecule has 0 aliphatic carbocycles. The first kappa shape index (κ1) is 12.3. The molecular formula is C11H13FN2O2. The van der Waals surface area contributed by atoms with Gasteiger partial charge in [0.05, 0.1) is 18.3 Å². The lowest BCUT2D eigenvalue weighted by atomic mass is 10.1. The minimum atomic E-state index is -0.697. The first-order valence-corrected chi connectivity index (χ1v) is 4.92. The zero-order valence-corrected chi connectivity index (χ0v) is 9.16. The summed E-state index contributed by atoms with van der Waals surface area (Å²) >= 11 is 0. The summed E-state index contributed by atoms with van der Waals surface area (Å²) in [6.07, 6.45) is 2.28. The van der Waals surface area contributed by atoms with Crippen LogP contribution in [0.25, 0.3) is 0 Å². The van der Waals surface area contributed by atoms with Crippen molar-refractivity contribution in [1.82, 2.24) is 10.3 Å². The van der Waals surface area contributed by atoms with E-state index in [1.807, 2.05) is 0 Å². The lowest BCUT2D eigenvalue weighted by Crippen LogP contribution is -2.32. The third kappa shape index (κ3) is 3.12. The maximum Gasteiger partial charge on any atom is 0.254 e. The molecule has 0 radical (unpaired) electrons. The lowest BCUT2D eigenvalue weighted by molar-refractivity contribution is -0.120. The number of nitrogens with one attached hydrogen (secondary N) is 1. The van der Waals surface area contributed by atoms with Crippen LogP contribution in [-0.2, 0) is 4.79 Å². The van der Waals surface area contributed by atoms with Crippen LogP contribution in [0.1, 0.15) is 24.2 Å². The number of Topliss-reactive ketones (excluding diaryl/α,β-unsaturated/α-hetero) is 1. The first-order valence-electron chi connectivity index (χ1n) is 4.92. The van der Waals surface area contributed by atoms with Gasteiger partial charge in [0.15, 0.2) is 11.6 Å². The fourth-order valence-electron chi connectivity index (χ4n) is 1.03. The molecule has 0 unspecified atom stereocenters. The van der Waals surface area contributed by atoms with Crippen LogP contribution in [0.5, 0.6) is 0 Å². The van der Waals surface area contributed by atoms with Gasteiger partial charge in [0.2, 0.25) is 0 Å². The van der Waals surface area contributed by atoms with Crippen molar-refractivity contribution in [2.24, 2.45) is 5.92 Å². The predicted octanol–water partition coefficient (Wildman–Crippen LogP) is 1.18. The number of nitrogens with zero attached hydrogens (tertiary/aromatic N) is 1. The average molecular weight is 224 g/mol. The van der Waals surface area contributed by atoms with Gasteiger partial charge in [-0.05, 0) is 6.07 Å². The van der Waals surface area contributed by atoms with E-state index in [0.717, 1.165) is 6.20 Å². The third-order valence-corrected chi connectivity index (χ3v) is 2.08. The number of rotatable bonds is 4. The highest BCUT2D eigenvalue weighted by atomic mass is 19.1. The largest absolute Gasteiger partial charge is 0.345 e. The van der Waals surface area contributed by atoms with Crippen molar-refractivity contribution in [1.29, 1.82) is 0 Å². The van der Waals surface area contributed by atoms with E-state index in [-0.39, 0.29) is 23.8 Å². The molecule has 0 saturated heterocycles. The van der Waals surface area contributed by atoms with Gasteiger partial charge in [-0.15, -0.1) is 0 Å². The zero-order chi connectivity index (χ0) is 12.1. The van der Waals surface area contributed by atoms with Crippen LogP contribution in [0.3, 0.4) is 0 Å². The lowest BCUT2D eigenvalue weighted by Gasteiger charge is -2.06. The SMILES string of the molecule is CC(C)C(=O)CNC(=O)c1ccncc1F. The Balaban J connectivity index is 2.60. The minimum absolute atomic E-state index is 0.0851. The number of aromatic nitrogens is 1. The summed E-state index contributed by atoms with van der Waals surface area (Å²) in [5.74, 6) is -1.55. The van der Waals surface area contributed by atoms with Gasteiger partial charge in [-0.25, -0.2) is 4.39 Å². The molecule has 0 aliphatic rings. The molecule has 0 spiro atoms. The van der Waals surface area contributed by atoms with Crippen molar-refractivity contribution in [2.75, 3.05) is 6.54 Å². The van der Waals surface area contributed by atoms with Gasteiger partial charge in [-0.1, -0.05) is 13.8 Å². The number of halogens is 1. The standard InChI is InChI=1S/C11H13FN2O2/c1-7(2)10(15)6-14-11(16)8-3-4-13-5-9(8)12/h3-5,7H,6H2,1-2H3,(H,14,16). The van der Waals surface area contributed by atoms with Crippen LogP contribution >= 0.6 is 0 Å². The van der Waals surface area contributed by atoms with Crippen molar-refractivity contribution < 1.29 is 14.0 Å². The predicted molar refractivity (Wildman–Crippen MR) is 56.4 cm³/mol. The van der Waals surface area contributed by atoms with Crippen molar-refractivity contribution in [3.63, 3.8) is 0 Å². The highest BCUT2D eigenvalue weighted by Gasteiger charge is 2.13. The van der Waals surface area contributed by atoms with Crippen LogP contribution in [0.15, 0.2) is 18.5 Å². The van der Waals surface area contributed by atoms with Gasteiger partial charge >= 0.3 is 0 Å². The van der Waals surface area contributed by atoms with Gasteiger partial charge in [0.1, 0.15) is 0 Å². The molecule has 0 aliphatic heterocycles. The minimum Gasteiger partial charge on any atom is -0.345 e. The number of pyridine rings is 1. The number of carbonyl (C=O) groups excluding carboxylic acids is 2. The second-order valence-electron chi connectivity index (χ2n) is 3.66. The number of hydrogen-bond donors (Lipinski definition) is 1. The van der Waals surface area contributed by atoms with E-state index in [1.165, 1.54) is 12.3 Å². The van der Waals surface area contributed by atoms with E-state index in [9.17, 15) is 14.0 Å². The molecular weight excluding hydrogens is 211 g/mol. The number of amides is 1. The molecule has 1 heterocycles. The highest BCUT2D eigenvalue weighted by Crippen LogP contribution is 2.03. The van der Waals surface area contributed by atoms with Crippen LogP contribution in [-0.4, -0.2) is 23.2 Å². The van der Waals surface area contributed by atoms with Crippen LogP contribution in [0.4, 0.5) is 4.39 Å². The van der Waals surface area contributed by atoms with Gasteiger partial charge in [0.25, 0.3) is 5.91 Å². The summed E-state index contributed by atoms with van der Waals surface area (Å²) in [6, 6.07) is 1.27. The van der Waals surface area contributed by atoms with Crippen LogP contribution < -0.4 is 5.32 Å². The van der Waals surface area contributed by atoms with E-state index in [2.05, 4.69) is 10.3 Å². The van der Waals surface area contributed by atoms with Crippen LogP contribution in [0, 0.1) is 11.7 Å². The topological polar surface area (TPSA) is 59.1 Å². The van der Waals surface area contributed by atoms with Crippen LogP contribution in [0.2, 0.25) is 0 Å². The van der Waals surface area contributed by atoms with E-state index < -0.39 is 11.7 Å². The Kier molecular flexibility index (Phi) is 4.10. The Morgan fingerprint density at radius 2 is 2.19 bits per heavy atom. The summed E-state index contributed by atoms with van der Waals surface area (Å²) in [5.41, 5.74) is -0.105. The summed E-state index contributed by atoms with van der Waals surface area (Å²) in [7, 11) is 0. The van der Waals surface area contributed by atoms with E-state index >= 15 is 0 Å². The molecule has 0 atom stereocenters. The molecule has 86 valence electrons. The molecule has 0 fully saturated rings. The van der Waals surface area contributed by atoms with Crippen molar-refractivity contribution in [3.05, 3.63) is 29.8 Å². The first-order chi connectivity index (χ1) is 7.52. The maximum absolute atomic E-state index is 13.1. The Hall–Kier alpha value is -1.78. The van der Waals surface area contributed by atoms with Crippen molar-refractivity contribution in [2.45, 2.75) is 13.8 Å². The number of carbonyl (C=O) groups is 2. The van der Waals surface area contributed by atoms with Crippen molar-refractivity contribution in [3.8, 4) is 0 Å². The Labute approximate surface area is 92.9 Å². The quantitative estimate of drug-likeness (QED) is 0.835. The molecule has 5 heteroatoms. The molecule has 4 nitrogen and oxygen atoms in total. The monoisotopic (exact) mass is 224 g/mol. The van der Waals surface area contributed by atoms with E-state index in [1.54, 1.807) is 13.8 Å². The van der Waals surface area contributed by atoms with Gasteiger partial charge in [0, 0.05) is 12.1 Å². The molecule has 0 bridgehead atoms. The Morgan fingerprint density at radius 1 is 1.50 bits per heavy atom. The van der Waals surface area contributed by atoms with Crippen molar-refractivity contribution >= 4 is 11.7 Å². The number of hydrogen-bond acceptors (Lipinski definition) is 3. The smallest absolute Gasteiger partial charge is 0.254 e. The Bertz CT molecular complexity index is 405. The van der Waals surface area contributed by atoms with Gasteiger partial charge < -0.3 is 5.32 Å². The van der Waals surface area contributed by atoms with Gasteiger partial charge in [-0.2, -0.15) is 0 Å². The summed E-state index contributed by atoms with van der Waals surface area (Å²) in [5, 5.41) is 2.36. The molecule has 16 heavy (non-hydrogen) atoms. The molecule has 1 amide bonds. The molecule has 1 rings (SSSR count). The number of ketones is 1. The summed E-state index contributed by atoms with van der Waals surface area (Å²) in [4.78, 5) is 26.2. The summed E-state index contributed by atoms with van der Waals surface area (Å²) in [6.45, 7) is 3.39. The highest BCUT2D eigenvalue weighted by molar-refractivity contribution is 5.97. The zero-order valence-electron chi connectivity index (χ0n) is 9.16. The molecule has 0 aromatic carbocycles. The molecule has 1 aromatic heterocycles. The second kappa shape index (κ2) is 5.34. The average Bonchev–Trinajstić information content (AvgIpc) is 2.25. The second-order valence-corrected chi connectivity index (χ2v) is 3.66. The van der Waals surface area contributed by atoms with E-state index in [0.29, 0.717) is 0 Å². The maximum atomic E-state index is 13.1.